The third-order valence-electron chi connectivity index (χ3n) is 4.33. The molecule has 1 saturated heterocycles. The highest BCUT2D eigenvalue weighted by Crippen LogP contribution is 2.34. The number of ether oxygens (including phenoxy) is 2. The lowest BCUT2D eigenvalue weighted by atomic mass is 10.1. The molecule has 2 aliphatic heterocycles. The smallest absolute Gasteiger partial charge is 0.231 e. The van der Waals surface area contributed by atoms with E-state index < -0.39 is 0 Å². The van der Waals surface area contributed by atoms with Gasteiger partial charge in [-0.15, -0.1) is 0 Å². The maximum atomic E-state index is 8.96. The summed E-state index contributed by atoms with van der Waals surface area (Å²) in [7, 11) is 0. The minimum Gasteiger partial charge on any atom is -0.508 e. The van der Waals surface area contributed by atoms with E-state index in [1.165, 1.54) is 49.5 Å². The fraction of sp³-hybridized carbons (Fsp3) is 0.400. The van der Waals surface area contributed by atoms with Gasteiger partial charge < -0.3 is 14.6 Å². The number of benzene rings is 2. The summed E-state index contributed by atoms with van der Waals surface area (Å²) in [6.45, 7) is 6.10. The third kappa shape index (κ3) is 4.65. The van der Waals surface area contributed by atoms with Crippen LogP contribution in [0.5, 0.6) is 17.2 Å². The van der Waals surface area contributed by atoms with Gasteiger partial charge in [0.25, 0.3) is 0 Å². The molecule has 0 radical (unpaired) electrons. The Bertz CT molecular complexity index is 648. The van der Waals surface area contributed by atoms with Gasteiger partial charge >= 0.3 is 0 Å². The monoisotopic (exact) mass is 327 g/mol. The highest BCUT2D eigenvalue weighted by atomic mass is 16.7. The van der Waals surface area contributed by atoms with Gasteiger partial charge in [-0.2, -0.15) is 0 Å². The van der Waals surface area contributed by atoms with Gasteiger partial charge in [0, 0.05) is 12.6 Å². The largest absolute Gasteiger partial charge is 0.508 e. The molecule has 0 amide bonds. The lowest BCUT2D eigenvalue weighted by Gasteiger charge is -2.26. The van der Waals surface area contributed by atoms with Crippen LogP contribution < -0.4 is 9.47 Å². The summed E-state index contributed by atoms with van der Waals surface area (Å²) in [4.78, 5) is 2.56. The average Bonchev–Trinajstić information content (AvgIpc) is 3.06. The molecule has 128 valence electrons. The first kappa shape index (κ1) is 16.7. The Morgan fingerprint density at radius 1 is 0.917 bits per heavy atom. The van der Waals surface area contributed by atoms with Gasteiger partial charge in [-0.1, -0.05) is 36.2 Å². The Labute approximate surface area is 143 Å². The maximum absolute atomic E-state index is 8.96. The second kappa shape index (κ2) is 8.06. The number of fused-ring (bicyclic) bond motifs is 1. The van der Waals surface area contributed by atoms with E-state index in [1.54, 1.807) is 12.1 Å². The average molecular weight is 327 g/mol. The Kier molecular flexibility index (Phi) is 5.59. The van der Waals surface area contributed by atoms with E-state index in [4.69, 9.17) is 14.6 Å². The van der Waals surface area contributed by atoms with Crippen molar-refractivity contribution in [3.63, 3.8) is 0 Å². The fourth-order valence-corrected chi connectivity index (χ4v) is 2.95. The van der Waals surface area contributed by atoms with Crippen LogP contribution in [0.15, 0.2) is 42.5 Å². The van der Waals surface area contributed by atoms with Gasteiger partial charge in [-0.3, -0.25) is 4.90 Å². The van der Waals surface area contributed by atoms with Crippen molar-refractivity contribution in [2.75, 3.05) is 19.9 Å². The van der Waals surface area contributed by atoms with E-state index in [0.29, 0.717) is 11.5 Å². The van der Waals surface area contributed by atoms with Gasteiger partial charge in [0.05, 0.1) is 0 Å². The van der Waals surface area contributed by atoms with Crippen molar-refractivity contribution in [2.45, 2.75) is 32.7 Å². The van der Waals surface area contributed by atoms with Crippen LogP contribution in [0.4, 0.5) is 0 Å². The number of hydrogen-bond donors (Lipinski definition) is 1. The molecule has 0 aliphatic carbocycles. The van der Waals surface area contributed by atoms with Crippen LogP contribution in [-0.2, 0) is 6.54 Å². The van der Waals surface area contributed by atoms with E-state index in [-0.39, 0.29) is 12.5 Å². The Morgan fingerprint density at radius 3 is 2.38 bits per heavy atom. The zero-order chi connectivity index (χ0) is 16.8. The second-order valence-corrected chi connectivity index (χ2v) is 6.36. The number of rotatable bonds is 2. The van der Waals surface area contributed by atoms with E-state index >= 15 is 0 Å². The van der Waals surface area contributed by atoms with Crippen LogP contribution >= 0.6 is 0 Å². The molecule has 2 aromatic carbocycles. The summed E-state index contributed by atoms with van der Waals surface area (Å²) in [5.41, 5.74) is 2.81. The number of phenolic OH excluding ortho intramolecular Hbond substituents is 1. The van der Waals surface area contributed by atoms with Crippen molar-refractivity contribution in [3.05, 3.63) is 53.6 Å². The summed E-state index contributed by atoms with van der Waals surface area (Å²) in [6.07, 6.45) is 4.18. The van der Waals surface area contributed by atoms with Crippen molar-refractivity contribution < 1.29 is 14.6 Å². The highest BCUT2D eigenvalue weighted by molar-refractivity contribution is 5.46. The molecule has 1 N–H and O–H groups in total. The second-order valence-electron chi connectivity index (χ2n) is 6.36. The standard InChI is InChI=1S/C13H19N.C7H6O3/c1-12-5-7-13(8-6-12)11-14-9-3-2-4-10-14;8-5-1-2-6-7(3-5)10-4-9-6/h5-8H,2-4,9-11H2,1H3;1-3,8H,4H2. The van der Waals surface area contributed by atoms with Crippen LogP contribution in [0, 0.1) is 6.92 Å². The molecule has 0 spiro atoms. The molecule has 2 aromatic rings. The lowest BCUT2D eigenvalue weighted by molar-refractivity contribution is 0.174. The molecule has 24 heavy (non-hydrogen) atoms. The molecule has 0 aromatic heterocycles. The molecule has 0 atom stereocenters. The SMILES string of the molecule is Cc1ccc(CN2CCCCC2)cc1.Oc1ccc2c(c1)OCO2. The minimum absolute atomic E-state index is 0.198. The number of aromatic hydroxyl groups is 1. The van der Waals surface area contributed by atoms with Gasteiger partial charge in [-0.25, -0.2) is 0 Å². The zero-order valence-corrected chi connectivity index (χ0v) is 14.2. The molecular weight excluding hydrogens is 302 g/mol. The molecule has 1 fully saturated rings. The van der Waals surface area contributed by atoms with E-state index in [0.717, 1.165) is 6.54 Å². The van der Waals surface area contributed by atoms with Crippen molar-refractivity contribution in [2.24, 2.45) is 0 Å². The van der Waals surface area contributed by atoms with Crippen molar-refractivity contribution in [3.8, 4) is 17.2 Å². The summed E-state index contributed by atoms with van der Waals surface area (Å²) in [5.74, 6) is 1.50. The molecular formula is C20H25NO3. The van der Waals surface area contributed by atoms with Crippen LogP contribution in [0.1, 0.15) is 30.4 Å². The Morgan fingerprint density at radius 2 is 1.62 bits per heavy atom. The molecule has 4 nitrogen and oxygen atoms in total. The molecule has 0 bridgehead atoms. The fourth-order valence-electron chi connectivity index (χ4n) is 2.95. The van der Waals surface area contributed by atoms with E-state index in [9.17, 15) is 0 Å². The number of piperidine rings is 1. The predicted molar refractivity (Wildman–Crippen MR) is 94.5 cm³/mol. The van der Waals surface area contributed by atoms with E-state index in [1.807, 2.05) is 0 Å². The molecule has 0 saturated carbocycles. The summed E-state index contributed by atoms with van der Waals surface area (Å²) in [6, 6.07) is 13.7. The van der Waals surface area contributed by atoms with Crippen molar-refractivity contribution >= 4 is 0 Å². The molecule has 4 rings (SSSR count). The number of nitrogens with zero attached hydrogens (tertiary/aromatic N) is 1. The summed E-state index contributed by atoms with van der Waals surface area (Å²) in [5, 5.41) is 8.96. The van der Waals surface area contributed by atoms with Gasteiger partial charge in [-0.05, 0) is 50.6 Å². The van der Waals surface area contributed by atoms with Gasteiger partial charge in [0.1, 0.15) is 5.75 Å². The molecule has 0 unspecified atom stereocenters. The first-order valence-electron chi connectivity index (χ1n) is 8.57. The molecule has 4 heteroatoms. The zero-order valence-electron chi connectivity index (χ0n) is 14.2. The number of hydrogen-bond acceptors (Lipinski definition) is 4. The number of aryl methyl sites for hydroxylation is 1. The highest BCUT2D eigenvalue weighted by Gasteiger charge is 2.12. The quantitative estimate of drug-likeness (QED) is 0.901. The predicted octanol–water partition coefficient (Wildman–Crippen LogP) is 4.10. The summed E-state index contributed by atoms with van der Waals surface area (Å²) >= 11 is 0. The van der Waals surface area contributed by atoms with Crippen molar-refractivity contribution in [1.29, 1.82) is 0 Å². The van der Waals surface area contributed by atoms with Crippen LogP contribution in [0.25, 0.3) is 0 Å². The lowest BCUT2D eigenvalue weighted by Crippen LogP contribution is -2.28. The van der Waals surface area contributed by atoms with Crippen LogP contribution in [0.2, 0.25) is 0 Å². The normalized spacial score (nSPS) is 16.4. The topological polar surface area (TPSA) is 41.9 Å². The van der Waals surface area contributed by atoms with Crippen molar-refractivity contribution in [1.82, 2.24) is 4.90 Å². The Balaban J connectivity index is 0.000000149. The summed E-state index contributed by atoms with van der Waals surface area (Å²) < 4.78 is 10.0. The number of likely N-dealkylation sites (tertiary alicyclic amines) is 1. The first-order valence-corrected chi connectivity index (χ1v) is 8.57. The van der Waals surface area contributed by atoms with E-state index in [2.05, 4.69) is 36.1 Å². The first-order chi connectivity index (χ1) is 11.7. The third-order valence-corrected chi connectivity index (χ3v) is 4.33. The maximum Gasteiger partial charge on any atom is 0.231 e. The van der Waals surface area contributed by atoms with Gasteiger partial charge in [0.15, 0.2) is 11.5 Å². The van der Waals surface area contributed by atoms with Crippen LogP contribution in [-0.4, -0.2) is 29.9 Å². The molecule has 2 aliphatic rings. The van der Waals surface area contributed by atoms with Gasteiger partial charge in [0.2, 0.25) is 6.79 Å². The molecule has 2 heterocycles. The van der Waals surface area contributed by atoms with Crippen LogP contribution in [0.3, 0.4) is 0 Å². The Hall–Kier alpha value is -2.20. The minimum atomic E-state index is 0.198. The number of phenols is 1.